The van der Waals surface area contributed by atoms with Crippen LogP contribution in [0.15, 0.2) is 108 Å². The van der Waals surface area contributed by atoms with Crippen LogP contribution in [-0.2, 0) is 0 Å². The Morgan fingerprint density at radius 2 is 1.64 bits per heavy atom. The monoisotopic (exact) mass is 560 g/mol. The summed E-state index contributed by atoms with van der Waals surface area (Å²) < 4.78 is 2.94. The fraction of sp³-hybridized carbons (Fsp3) is 0.125. The van der Waals surface area contributed by atoms with E-state index in [1.807, 2.05) is 24.3 Å². The van der Waals surface area contributed by atoms with Crippen LogP contribution in [0.2, 0.25) is 0 Å². The van der Waals surface area contributed by atoms with Gasteiger partial charge in [-0.05, 0) is 47.7 Å². The number of nitrogens with two attached hydrogens (primary N) is 1. The molecule has 0 bridgehead atoms. The van der Waals surface area contributed by atoms with Crippen LogP contribution in [0.1, 0.15) is 52.4 Å². The second kappa shape index (κ2) is 10.9. The van der Waals surface area contributed by atoms with Gasteiger partial charge in [0, 0.05) is 23.8 Å². The smallest absolute Gasteiger partial charge is 0.263 e. The lowest BCUT2D eigenvalue weighted by atomic mass is 9.94. The SMILES string of the molecule is CC(NC(=O)c1c(N)nn2cccnc12)c1cc2cccc(C(O)C(O)c3ccccc3)c2c(=O)n1-c1ccccc1. The molecule has 6 aromatic rings. The maximum absolute atomic E-state index is 14.3. The average Bonchev–Trinajstić information content (AvgIpc) is 3.36. The van der Waals surface area contributed by atoms with E-state index in [4.69, 9.17) is 5.73 Å². The number of hydrogen-bond acceptors (Lipinski definition) is 7. The van der Waals surface area contributed by atoms with E-state index in [1.165, 1.54) is 9.08 Å². The number of fused-ring (bicyclic) bond motifs is 2. The van der Waals surface area contributed by atoms with E-state index in [0.717, 1.165) is 0 Å². The molecule has 210 valence electrons. The van der Waals surface area contributed by atoms with Crippen molar-refractivity contribution < 1.29 is 15.0 Å². The maximum Gasteiger partial charge on any atom is 0.263 e. The zero-order valence-corrected chi connectivity index (χ0v) is 22.6. The van der Waals surface area contributed by atoms with Gasteiger partial charge in [-0.15, -0.1) is 5.10 Å². The minimum absolute atomic E-state index is 0.0352. The van der Waals surface area contributed by atoms with Crippen molar-refractivity contribution >= 4 is 28.1 Å². The molecule has 3 heterocycles. The molecule has 0 radical (unpaired) electrons. The van der Waals surface area contributed by atoms with Crippen LogP contribution < -0.4 is 16.6 Å². The van der Waals surface area contributed by atoms with Gasteiger partial charge in [-0.3, -0.25) is 14.2 Å². The van der Waals surface area contributed by atoms with E-state index < -0.39 is 29.7 Å². The van der Waals surface area contributed by atoms with Gasteiger partial charge in [0.05, 0.1) is 11.4 Å². The van der Waals surface area contributed by atoms with E-state index in [9.17, 15) is 19.8 Å². The molecule has 0 spiro atoms. The Morgan fingerprint density at radius 1 is 0.929 bits per heavy atom. The number of aliphatic hydroxyl groups excluding tert-OH is 2. The lowest BCUT2D eigenvalue weighted by molar-refractivity contribution is 0.0181. The Morgan fingerprint density at radius 3 is 2.38 bits per heavy atom. The standard InChI is InChI=1S/C32H28N6O4/c1-19(35-31(41)26-29(33)36-37-17-9-16-34-30(26)37)24-18-21-12-8-15-23(28(40)27(39)20-10-4-2-5-11-20)25(21)32(42)38(24)22-13-6-3-7-14-22/h2-19,27-28,39-40H,1H3,(H2,33,36)(H,35,41). The predicted molar refractivity (Wildman–Crippen MR) is 159 cm³/mol. The number of aliphatic hydroxyl groups is 2. The second-order valence-corrected chi connectivity index (χ2v) is 10.0. The molecule has 0 aliphatic carbocycles. The van der Waals surface area contributed by atoms with Crippen molar-refractivity contribution in [2.75, 3.05) is 5.73 Å². The van der Waals surface area contributed by atoms with Gasteiger partial charge >= 0.3 is 0 Å². The molecule has 0 fully saturated rings. The number of nitrogens with zero attached hydrogens (tertiary/aromatic N) is 4. The highest BCUT2D eigenvalue weighted by atomic mass is 16.3. The Kier molecular flexibility index (Phi) is 6.99. The number of amides is 1. The zero-order valence-electron chi connectivity index (χ0n) is 22.6. The second-order valence-electron chi connectivity index (χ2n) is 10.0. The summed E-state index contributed by atoms with van der Waals surface area (Å²) in [5, 5.41) is 30.2. The van der Waals surface area contributed by atoms with Crippen LogP contribution in [0.4, 0.5) is 5.82 Å². The van der Waals surface area contributed by atoms with Gasteiger partial charge in [-0.2, -0.15) is 0 Å². The molecule has 10 heteroatoms. The number of carbonyl (C=O) groups is 1. The quantitative estimate of drug-likeness (QED) is 0.232. The number of nitrogen functional groups attached to an aromatic ring is 1. The first-order valence-corrected chi connectivity index (χ1v) is 13.4. The van der Waals surface area contributed by atoms with Gasteiger partial charge in [0.2, 0.25) is 0 Å². The van der Waals surface area contributed by atoms with Gasteiger partial charge in [0.1, 0.15) is 17.8 Å². The molecular formula is C32H28N6O4. The predicted octanol–water partition coefficient (Wildman–Crippen LogP) is 3.87. The summed E-state index contributed by atoms with van der Waals surface area (Å²) in [5.74, 6) is -0.455. The summed E-state index contributed by atoms with van der Waals surface area (Å²) in [6.45, 7) is 1.77. The Hall–Kier alpha value is -5.32. The third-order valence-electron chi connectivity index (χ3n) is 7.32. The first kappa shape index (κ1) is 26.9. The van der Waals surface area contributed by atoms with E-state index in [2.05, 4.69) is 15.4 Å². The molecular weight excluding hydrogens is 532 g/mol. The van der Waals surface area contributed by atoms with Gasteiger partial charge in [-0.25, -0.2) is 9.50 Å². The normalized spacial score (nSPS) is 13.6. The van der Waals surface area contributed by atoms with Crippen LogP contribution in [0.5, 0.6) is 0 Å². The van der Waals surface area contributed by atoms with Crippen molar-refractivity contribution in [2.45, 2.75) is 25.2 Å². The first-order valence-electron chi connectivity index (χ1n) is 13.4. The number of hydrogen-bond donors (Lipinski definition) is 4. The molecule has 3 aromatic carbocycles. The number of benzene rings is 3. The van der Waals surface area contributed by atoms with Gasteiger partial charge in [-0.1, -0.05) is 66.7 Å². The summed E-state index contributed by atoms with van der Waals surface area (Å²) in [5.41, 5.74) is 8.02. The van der Waals surface area contributed by atoms with Crippen LogP contribution in [-0.4, -0.2) is 35.3 Å². The van der Waals surface area contributed by atoms with E-state index >= 15 is 0 Å². The Bertz CT molecular complexity index is 1970. The molecule has 3 atom stereocenters. The molecule has 3 aromatic heterocycles. The van der Waals surface area contributed by atoms with Crippen LogP contribution in [0.25, 0.3) is 22.1 Å². The average molecular weight is 561 g/mol. The molecule has 42 heavy (non-hydrogen) atoms. The number of carbonyl (C=O) groups excluding carboxylic acids is 1. The van der Waals surface area contributed by atoms with Crippen LogP contribution in [0, 0.1) is 0 Å². The lowest BCUT2D eigenvalue weighted by Crippen LogP contribution is -2.32. The highest BCUT2D eigenvalue weighted by Gasteiger charge is 2.27. The van der Waals surface area contributed by atoms with Crippen LogP contribution in [0.3, 0.4) is 0 Å². The zero-order chi connectivity index (χ0) is 29.4. The third-order valence-corrected chi connectivity index (χ3v) is 7.32. The topological polar surface area (TPSA) is 148 Å². The molecule has 0 saturated heterocycles. The molecule has 0 aliphatic heterocycles. The summed E-state index contributed by atoms with van der Waals surface area (Å²) in [6, 6.07) is 25.8. The van der Waals surface area contributed by atoms with E-state index in [0.29, 0.717) is 33.5 Å². The Labute approximate surface area is 240 Å². The molecule has 10 nitrogen and oxygen atoms in total. The number of anilines is 1. The Balaban J connectivity index is 1.47. The first-order chi connectivity index (χ1) is 20.3. The van der Waals surface area contributed by atoms with Gasteiger partial charge in [0.25, 0.3) is 11.5 Å². The maximum atomic E-state index is 14.3. The van der Waals surface area contributed by atoms with Crippen molar-refractivity contribution in [3.05, 3.63) is 136 Å². The lowest BCUT2D eigenvalue weighted by Gasteiger charge is -2.23. The molecule has 6 rings (SSSR count). The van der Waals surface area contributed by atoms with Crippen molar-refractivity contribution in [2.24, 2.45) is 0 Å². The van der Waals surface area contributed by atoms with Crippen LogP contribution >= 0.6 is 0 Å². The molecule has 1 amide bonds. The molecule has 5 N–H and O–H groups in total. The minimum Gasteiger partial charge on any atom is -0.385 e. The summed E-state index contributed by atoms with van der Waals surface area (Å²) in [7, 11) is 0. The summed E-state index contributed by atoms with van der Waals surface area (Å²) in [6.07, 6.45) is 0.593. The van der Waals surface area contributed by atoms with Crippen molar-refractivity contribution in [1.29, 1.82) is 0 Å². The largest absolute Gasteiger partial charge is 0.385 e. The molecule has 0 aliphatic rings. The number of nitrogens with one attached hydrogen (secondary N) is 1. The van der Waals surface area contributed by atoms with Crippen molar-refractivity contribution in [3.8, 4) is 5.69 Å². The fourth-order valence-corrected chi connectivity index (χ4v) is 5.28. The van der Waals surface area contributed by atoms with E-state index in [-0.39, 0.29) is 16.8 Å². The van der Waals surface area contributed by atoms with Gasteiger partial charge in [0.15, 0.2) is 11.5 Å². The third kappa shape index (κ3) is 4.68. The number of pyridine rings is 1. The number of aromatic nitrogens is 4. The summed E-state index contributed by atoms with van der Waals surface area (Å²) >= 11 is 0. The highest BCUT2D eigenvalue weighted by Crippen LogP contribution is 2.33. The van der Waals surface area contributed by atoms with Crippen molar-refractivity contribution in [1.82, 2.24) is 24.5 Å². The molecule has 0 saturated carbocycles. The number of rotatable bonds is 7. The fourth-order valence-electron chi connectivity index (χ4n) is 5.28. The highest BCUT2D eigenvalue weighted by molar-refractivity contribution is 6.04. The summed E-state index contributed by atoms with van der Waals surface area (Å²) in [4.78, 5) is 32.0. The van der Waals surface area contributed by atoms with Crippen molar-refractivity contribution in [3.63, 3.8) is 0 Å². The minimum atomic E-state index is -1.36. The molecule has 3 unspecified atom stereocenters. The number of para-hydroxylation sites is 1. The van der Waals surface area contributed by atoms with E-state index in [1.54, 1.807) is 86.0 Å². The van der Waals surface area contributed by atoms with Gasteiger partial charge < -0.3 is 21.3 Å².